The van der Waals surface area contributed by atoms with Crippen LogP contribution in [0.2, 0.25) is 0 Å². The summed E-state index contributed by atoms with van der Waals surface area (Å²) in [6.07, 6.45) is -0.150. The summed E-state index contributed by atoms with van der Waals surface area (Å²) >= 11 is 0. The Morgan fingerprint density at radius 1 is 1.15 bits per heavy atom. The first-order chi connectivity index (χ1) is 5.82. The fourth-order valence-corrected chi connectivity index (χ4v) is 1.91. The lowest BCUT2D eigenvalue weighted by Gasteiger charge is -2.45. The SMILES string of the molecule is C[C@@H]1[C@H](C)CN(C(C)(C)C)C[C@@H]1O. The van der Waals surface area contributed by atoms with Crippen LogP contribution in [0.5, 0.6) is 0 Å². The molecule has 0 aromatic carbocycles. The number of rotatable bonds is 0. The van der Waals surface area contributed by atoms with Crippen molar-refractivity contribution in [3.8, 4) is 0 Å². The van der Waals surface area contributed by atoms with Gasteiger partial charge in [0.25, 0.3) is 0 Å². The topological polar surface area (TPSA) is 23.5 Å². The summed E-state index contributed by atoms with van der Waals surface area (Å²) in [5.74, 6) is 1.04. The lowest BCUT2D eigenvalue weighted by molar-refractivity contribution is -0.0365. The molecule has 78 valence electrons. The molecular weight excluding hydrogens is 162 g/mol. The molecule has 0 spiro atoms. The van der Waals surface area contributed by atoms with Crippen molar-refractivity contribution in [3.05, 3.63) is 0 Å². The molecule has 0 aliphatic carbocycles. The number of likely N-dealkylation sites (tertiary alicyclic amines) is 1. The Morgan fingerprint density at radius 3 is 2.08 bits per heavy atom. The average Bonchev–Trinajstić information content (AvgIpc) is 1.97. The van der Waals surface area contributed by atoms with Gasteiger partial charge in [0.2, 0.25) is 0 Å². The van der Waals surface area contributed by atoms with E-state index in [2.05, 4.69) is 39.5 Å². The summed E-state index contributed by atoms with van der Waals surface area (Å²) in [7, 11) is 0. The van der Waals surface area contributed by atoms with Gasteiger partial charge in [0.1, 0.15) is 0 Å². The molecule has 2 nitrogen and oxygen atoms in total. The smallest absolute Gasteiger partial charge is 0.0695 e. The van der Waals surface area contributed by atoms with Crippen LogP contribution in [0.3, 0.4) is 0 Å². The first kappa shape index (κ1) is 11.0. The minimum absolute atomic E-state index is 0.150. The van der Waals surface area contributed by atoms with E-state index < -0.39 is 0 Å². The molecule has 1 rings (SSSR count). The molecular formula is C11H23NO. The molecule has 0 radical (unpaired) electrons. The van der Waals surface area contributed by atoms with Crippen LogP contribution in [0.4, 0.5) is 0 Å². The third-order valence-electron chi connectivity index (χ3n) is 3.37. The standard InChI is InChI=1S/C11H23NO/c1-8-6-12(11(3,4)5)7-10(13)9(8)2/h8-10,13H,6-7H2,1-5H3/t8-,9-,10+/m1/s1. The number of hydrogen-bond acceptors (Lipinski definition) is 2. The van der Waals surface area contributed by atoms with Gasteiger partial charge in [-0.15, -0.1) is 0 Å². The maximum Gasteiger partial charge on any atom is 0.0695 e. The highest BCUT2D eigenvalue weighted by molar-refractivity contribution is 4.88. The fraction of sp³-hybridized carbons (Fsp3) is 1.00. The van der Waals surface area contributed by atoms with Crippen LogP contribution >= 0.6 is 0 Å². The van der Waals surface area contributed by atoms with Crippen molar-refractivity contribution in [3.63, 3.8) is 0 Å². The van der Waals surface area contributed by atoms with E-state index >= 15 is 0 Å². The molecule has 0 saturated carbocycles. The zero-order chi connectivity index (χ0) is 10.2. The van der Waals surface area contributed by atoms with Crippen LogP contribution in [0, 0.1) is 11.8 Å². The van der Waals surface area contributed by atoms with Crippen molar-refractivity contribution >= 4 is 0 Å². The Hall–Kier alpha value is -0.0800. The monoisotopic (exact) mass is 185 g/mol. The summed E-state index contributed by atoms with van der Waals surface area (Å²) < 4.78 is 0. The van der Waals surface area contributed by atoms with Crippen LogP contribution in [0.25, 0.3) is 0 Å². The largest absolute Gasteiger partial charge is 0.392 e. The molecule has 0 aromatic rings. The Kier molecular flexibility index (Phi) is 3.03. The molecule has 0 amide bonds. The summed E-state index contributed by atoms with van der Waals surface area (Å²) in [4.78, 5) is 2.38. The fourth-order valence-electron chi connectivity index (χ4n) is 1.91. The second-order valence-electron chi connectivity index (χ2n) is 5.48. The quantitative estimate of drug-likeness (QED) is 0.621. The maximum absolute atomic E-state index is 9.84. The van der Waals surface area contributed by atoms with E-state index in [1.165, 1.54) is 0 Å². The highest BCUT2D eigenvalue weighted by Gasteiger charge is 2.34. The summed E-state index contributed by atoms with van der Waals surface area (Å²) in [6.45, 7) is 12.9. The molecule has 1 heterocycles. The van der Waals surface area contributed by atoms with Gasteiger partial charge in [-0.1, -0.05) is 13.8 Å². The highest BCUT2D eigenvalue weighted by atomic mass is 16.3. The summed E-state index contributed by atoms with van der Waals surface area (Å²) in [5.41, 5.74) is 0.190. The Morgan fingerprint density at radius 2 is 1.69 bits per heavy atom. The highest BCUT2D eigenvalue weighted by Crippen LogP contribution is 2.27. The van der Waals surface area contributed by atoms with E-state index in [1.807, 2.05) is 0 Å². The zero-order valence-electron chi connectivity index (χ0n) is 9.54. The first-order valence-corrected chi connectivity index (χ1v) is 5.25. The number of aliphatic hydroxyl groups is 1. The van der Waals surface area contributed by atoms with Gasteiger partial charge >= 0.3 is 0 Å². The van der Waals surface area contributed by atoms with Crippen LogP contribution in [-0.2, 0) is 0 Å². The molecule has 1 aliphatic heterocycles. The number of aliphatic hydroxyl groups excluding tert-OH is 1. The first-order valence-electron chi connectivity index (χ1n) is 5.25. The zero-order valence-corrected chi connectivity index (χ0v) is 9.54. The van der Waals surface area contributed by atoms with E-state index in [0.717, 1.165) is 13.1 Å². The van der Waals surface area contributed by atoms with Crippen molar-refractivity contribution in [2.45, 2.75) is 46.3 Å². The van der Waals surface area contributed by atoms with Crippen LogP contribution in [0.15, 0.2) is 0 Å². The number of hydrogen-bond donors (Lipinski definition) is 1. The van der Waals surface area contributed by atoms with E-state index in [1.54, 1.807) is 0 Å². The molecule has 3 atom stereocenters. The number of piperidine rings is 1. The Labute approximate surface area is 81.9 Å². The van der Waals surface area contributed by atoms with Crippen LogP contribution < -0.4 is 0 Å². The minimum atomic E-state index is -0.150. The van der Waals surface area contributed by atoms with E-state index in [-0.39, 0.29) is 11.6 Å². The van der Waals surface area contributed by atoms with E-state index in [9.17, 15) is 5.11 Å². The van der Waals surface area contributed by atoms with Crippen molar-refractivity contribution in [2.24, 2.45) is 11.8 Å². The predicted molar refractivity (Wildman–Crippen MR) is 55.7 cm³/mol. The van der Waals surface area contributed by atoms with E-state index in [4.69, 9.17) is 0 Å². The molecule has 1 N–H and O–H groups in total. The Bertz CT molecular complexity index is 161. The molecule has 0 bridgehead atoms. The van der Waals surface area contributed by atoms with Gasteiger partial charge in [0.05, 0.1) is 6.10 Å². The maximum atomic E-state index is 9.84. The molecule has 0 unspecified atom stereocenters. The molecule has 1 fully saturated rings. The normalized spacial score (nSPS) is 37.8. The summed E-state index contributed by atoms with van der Waals surface area (Å²) in [6, 6.07) is 0. The van der Waals surface area contributed by atoms with Gasteiger partial charge < -0.3 is 5.11 Å². The van der Waals surface area contributed by atoms with Gasteiger partial charge in [-0.05, 0) is 32.6 Å². The second kappa shape index (κ2) is 3.58. The van der Waals surface area contributed by atoms with Crippen molar-refractivity contribution in [2.75, 3.05) is 13.1 Å². The van der Waals surface area contributed by atoms with Crippen molar-refractivity contribution in [1.82, 2.24) is 4.90 Å². The lowest BCUT2D eigenvalue weighted by atomic mass is 9.84. The van der Waals surface area contributed by atoms with Gasteiger partial charge in [-0.2, -0.15) is 0 Å². The van der Waals surface area contributed by atoms with E-state index in [0.29, 0.717) is 11.8 Å². The molecule has 13 heavy (non-hydrogen) atoms. The third-order valence-corrected chi connectivity index (χ3v) is 3.37. The lowest BCUT2D eigenvalue weighted by Crippen LogP contribution is -2.54. The molecule has 0 aromatic heterocycles. The van der Waals surface area contributed by atoms with Crippen molar-refractivity contribution < 1.29 is 5.11 Å². The number of nitrogens with zero attached hydrogens (tertiary/aromatic N) is 1. The van der Waals surface area contributed by atoms with Crippen LogP contribution in [0.1, 0.15) is 34.6 Å². The second-order valence-corrected chi connectivity index (χ2v) is 5.48. The van der Waals surface area contributed by atoms with Crippen molar-refractivity contribution in [1.29, 1.82) is 0 Å². The molecule has 2 heteroatoms. The molecule has 1 saturated heterocycles. The third kappa shape index (κ3) is 2.44. The summed E-state index contributed by atoms with van der Waals surface area (Å²) in [5, 5.41) is 9.84. The number of β-amino-alcohol motifs (C(OH)–C–C–N with tert-alkyl or cyclic N) is 1. The van der Waals surface area contributed by atoms with Gasteiger partial charge in [-0.25, -0.2) is 0 Å². The Balaban J connectivity index is 2.64. The molecule has 1 aliphatic rings. The van der Waals surface area contributed by atoms with Gasteiger partial charge in [0, 0.05) is 18.6 Å². The minimum Gasteiger partial charge on any atom is -0.392 e. The average molecular weight is 185 g/mol. The van der Waals surface area contributed by atoms with Crippen LogP contribution in [-0.4, -0.2) is 34.7 Å². The predicted octanol–water partition coefficient (Wildman–Crippen LogP) is 1.73. The van der Waals surface area contributed by atoms with Gasteiger partial charge in [0.15, 0.2) is 0 Å². The van der Waals surface area contributed by atoms with Gasteiger partial charge in [-0.3, -0.25) is 4.90 Å².